The first-order valence-corrected chi connectivity index (χ1v) is 10.9. The highest BCUT2D eigenvalue weighted by Crippen LogP contribution is 2.41. The van der Waals surface area contributed by atoms with Gasteiger partial charge in [-0.05, 0) is 70.8 Å². The molecule has 0 fully saturated rings. The number of carbonyl (C=O) groups excluding carboxylic acids is 1. The average Bonchev–Trinajstić information content (AvgIpc) is 2.84. The molecule has 0 heterocycles. The van der Waals surface area contributed by atoms with Crippen molar-refractivity contribution in [2.45, 2.75) is 0 Å². The summed E-state index contributed by atoms with van der Waals surface area (Å²) in [4.78, 5) is 13.1. The van der Waals surface area contributed by atoms with Crippen LogP contribution in [-0.4, -0.2) is 11.0 Å². The Morgan fingerprint density at radius 1 is 0.824 bits per heavy atom. The number of para-hydroxylation sites is 1. The third-order valence-corrected chi connectivity index (χ3v) is 5.81. The predicted octanol–water partition coefficient (Wildman–Crippen LogP) is 7.60. The molecule has 0 spiro atoms. The number of nitrogens with one attached hydrogen (secondary N) is 1. The molecule has 0 unspecified atom stereocenters. The molecular formula is C27H19ClN4O2. The lowest BCUT2D eigenvalue weighted by Gasteiger charge is -2.13. The number of nitrogen functional groups attached to an aromatic ring is 1. The highest BCUT2D eigenvalue weighted by molar-refractivity contribution is 6.34. The van der Waals surface area contributed by atoms with Crippen molar-refractivity contribution in [3.63, 3.8) is 0 Å². The minimum atomic E-state index is -0.510. The van der Waals surface area contributed by atoms with Crippen molar-refractivity contribution in [1.29, 1.82) is 0 Å². The number of hydrogen-bond donors (Lipinski definition) is 3. The molecule has 4 N–H and O–H groups in total. The van der Waals surface area contributed by atoms with Crippen LogP contribution in [0, 0.1) is 0 Å². The summed E-state index contributed by atoms with van der Waals surface area (Å²) in [6.45, 7) is 0. The highest BCUT2D eigenvalue weighted by atomic mass is 35.5. The minimum Gasteiger partial charge on any atom is -0.505 e. The Hall–Kier alpha value is -4.42. The van der Waals surface area contributed by atoms with Gasteiger partial charge in [-0.2, -0.15) is 5.11 Å². The standard InChI is InChI=1S/C27H19ClN4O2/c28-23-7-3-4-8-24(23)30-27(34)22-15-18-13-16-5-1-2-6-17(16)14-21(18)25(26(22)33)32-31-20-11-9-19(29)10-12-20/h1-15,33H,29H2,(H,30,34). The Kier molecular flexibility index (Phi) is 5.57. The van der Waals surface area contributed by atoms with Gasteiger partial charge in [-0.1, -0.05) is 48.0 Å². The van der Waals surface area contributed by atoms with E-state index in [1.54, 1.807) is 54.6 Å². The van der Waals surface area contributed by atoms with Gasteiger partial charge in [0, 0.05) is 11.1 Å². The number of amides is 1. The fourth-order valence-electron chi connectivity index (χ4n) is 3.74. The fourth-order valence-corrected chi connectivity index (χ4v) is 3.92. The van der Waals surface area contributed by atoms with Crippen molar-refractivity contribution in [2.24, 2.45) is 10.2 Å². The second-order valence-corrected chi connectivity index (χ2v) is 8.17. The molecule has 0 bridgehead atoms. The number of aromatic hydroxyl groups is 1. The maximum Gasteiger partial charge on any atom is 0.259 e. The maximum atomic E-state index is 13.1. The molecule has 5 rings (SSSR count). The van der Waals surface area contributed by atoms with Crippen LogP contribution in [0.2, 0.25) is 5.02 Å². The van der Waals surface area contributed by atoms with Crippen molar-refractivity contribution in [3.8, 4) is 5.75 Å². The molecule has 0 atom stereocenters. The summed E-state index contributed by atoms with van der Waals surface area (Å²) >= 11 is 6.20. The Labute approximate surface area is 200 Å². The lowest BCUT2D eigenvalue weighted by Crippen LogP contribution is -2.12. The molecule has 0 radical (unpaired) electrons. The summed E-state index contributed by atoms with van der Waals surface area (Å²) in [6.07, 6.45) is 0. The second-order valence-electron chi connectivity index (χ2n) is 7.77. The van der Waals surface area contributed by atoms with Gasteiger partial charge in [0.25, 0.3) is 5.91 Å². The zero-order chi connectivity index (χ0) is 23.7. The number of fused-ring (bicyclic) bond motifs is 2. The lowest BCUT2D eigenvalue weighted by atomic mass is 9.99. The molecule has 0 aliphatic rings. The van der Waals surface area contributed by atoms with E-state index in [9.17, 15) is 9.90 Å². The van der Waals surface area contributed by atoms with Crippen LogP contribution in [0.1, 0.15) is 10.4 Å². The summed E-state index contributed by atoms with van der Waals surface area (Å²) in [5, 5.41) is 26.3. The molecule has 0 aromatic heterocycles. The number of halogens is 1. The molecule has 0 saturated carbocycles. The van der Waals surface area contributed by atoms with Crippen molar-refractivity contribution in [1.82, 2.24) is 0 Å². The number of nitrogens with zero attached hydrogens (tertiary/aromatic N) is 2. The van der Waals surface area contributed by atoms with E-state index in [0.717, 1.165) is 16.2 Å². The third kappa shape index (κ3) is 4.14. The first-order chi connectivity index (χ1) is 16.5. The topological polar surface area (TPSA) is 100 Å². The molecule has 0 aliphatic heterocycles. The summed E-state index contributed by atoms with van der Waals surface area (Å²) in [6, 6.07) is 27.2. The molecule has 5 aromatic rings. The molecular weight excluding hydrogens is 448 g/mol. The Balaban J connectivity index is 1.67. The van der Waals surface area contributed by atoms with E-state index in [4.69, 9.17) is 17.3 Å². The Morgan fingerprint density at radius 3 is 2.24 bits per heavy atom. The van der Waals surface area contributed by atoms with Gasteiger partial charge in [0.15, 0.2) is 5.75 Å². The van der Waals surface area contributed by atoms with E-state index < -0.39 is 5.91 Å². The van der Waals surface area contributed by atoms with Gasteiger partial charge in [0.2, 0.25) is 0 Å². The smallest absolute Gasteiger partial charge is 0.259 e. The molecule has 0 aliphatic carbocycles. The zero-order valence-corrected chi connectivity index (χ0v) is 18.6. The van der Waals surface area contributed by atoms with Crippen LogP contribution < -0.4 is 11.1 Å². The first kappa shape index (κ1) is 21.4. The van der Waals surface area contributed by atoms with Crippen LogP contribution in [0.3, 0.4) is 0 Å². The van der Waals surface area contributed by atoms with Crippen molar-refractivity contribution in [2.75, 3.05) is 11.1 Å². The van der Waals surface area contributed by atoms with Crippen LogP contribution in [0.15, 0.2) is 101 Å². The van der Waals surface area contributed by atoms with Crippen LogP contribution in [0.5, 0.6) is 5.75 Å². The molecule has 7 heteroatoms. The summed E-state index contributed by atoms with van der Waals surface area (Å²) in [5.74, 6) is -0.781. The average molecular weight is 467 g/mol. The summed E-state index contributed by atoms with van der Waals surface area (Å²) in [7, 11) is 0. The highest BCUT2D eigenvalue weighted by Gasteiger charge is 2.20. The molecule has 6 nitrogen and oxygen atoms in total. The molecule has 0 saturated heterocycles. The van der Waals surface area contributed by atoms with Crippen LogP contribution in [0.4, 0.5) is 22.7 Å². The number of benzene rings is 5. The molecule has 34 heavy (non-hydrogen) atoms. The minimum absolute atomic E-state index is 0.0638. The van der Waals surface area contributed by atoms with Crippen molar-refractivity contribution >= 4 is 61.8 Å². The number of nitrogens with two attached hydrogens (primary N) is 1. The summed E-state index contributed by atoms with van der Waals surface area (Å²) in [5.41, 5.74) is 7.62. The third-order valence-electron chi connectivity index (χ3n) is 5.48. The van der Waals surface area contributed by atoms with Gasteiger partial charge < -0.3 is 16.2 Å². The van der Waals surface area contributed by atoms with Crippen LogP contribution >= 0.6 is 11.6 Å². The fraction of sp³-hybridized carbons (Fsp3) is 0. The number of rotatable bonds is 4. The van der Waals surface area contributed by atoms with E-state index in [2.05, 4.69) is 15.5 Å². The van der Waals surface area contributed by atoms with E-state index in [1.165, 1.54) is 0 Å². The lowest BCUT2D eigenvalue weighted by molar-refractivity contribution is 0.102. The van der Waals surface area contributed by atoms with Gasteiger partial charge in [0.1, 0.15) is 5.69 Å². The van der Waals surface area contributed by atoms with E-state index in [0.29, 0.717) is 27.5 Å². The largest absolute Gasteiger partial charge is 0.505 e. The van der Waals surface area contributed by atoms with Gasteiger partial charge in [-0.25, -0.2) is 0 Å². The predicted molar refractivity (Wildman–Crippen MR) is 138 cm³/mol. The molecule has 1 amide bonds. The van der Waals surface area contributed by atoms with Gasteiger partial charge in [-0.15, -0.1) is 5.11 Å². The second kappa shape index (κ2) is 8.84. The Bertz CT molecular complexity index is 1580. The van der Waals surface area contributed by atoms with Crippen molar-refractivity contribution < 1.29 is 9.90 Å². The normalized spacial score (nSPS) is 11.3. The quantitative estimate of drug-likeness (QED) is 0.144. The van der Waals surface area contributed by atoms with Crippen LogP contribution in [-0.2, 0) is 0 Å². The number of phenolic OH excluding ortho intramolecular Hbond substituents is 1. The number of azo groups is 1. The van der Waals surface area contributed by atoms with E-state index >= 15 is 0 Å². The SMILES string of the molecule is Nc1ccc(N=Nc2c(O)c(C(=O)Nc3ccccc3Cl)cc3cc4ccccc4cc23)cc1. The molecule has 5 aromatic carbocycles. The van der Waals surface area contributed by atoms with Gasteiger partial charge in [-0.3, -0.25) is 4.79 Å². The van der Waals surface area contributed by atoms with Crippen molar-refractivity contribution in [3.05, 3.63) is 102 Å². The number of hydrogen-bond acceptors (Lipinski definition) is 5. The maximum absolute atomic E-state index is 13.1. The number of carbonyl (C=O) groups is 1. The van der Waals surface area contributed by atoms with E-state index in [-0.39, 0.29) is 17.0 Å². The Morgan fingerprint density at radius 2 is 1.50 bits per heavy atom. The number of phenols is 1. The monoisotopic (exact) mass is 466 g/mol. The van der Waals surface area contributed by atoms with E-state index in [1.807, 2.05) is 36.4 Å². The first-order valence-electron chi connectivity index (χ1n) is 10.5. The molecule has 166 valence electrons. The zero-order valence-electron chi connectivity index (χ0n) is 17.9. The van der Waals surface area contributed by atoms with Gasteiger partial charge >= 0.3 is 0 Å². The van der Waals surface area contributed by atoms with Gasteiger partial charge in [0.05, 0.1) is 22.0 Å². The van der Waals surface area contributed by atoms with Crippen LogP contribution in [0.25, 0.3) is 21.5 Å². The number of anilines is 2. The summed E-state index contributed by atoms with van der Waals surface area (Å²) < 4.78 is 0.